The molecule has 1 fully saturated rings. The molecule has 28 heavy (non-hydrogen) atoms. The predicted octanol–water partition coefficient (Wildman–Crippen LogP) is 4.78. The van der Waals surface area contributed by atoms with Crippen molar-refractivity contribution in [2.24, 2.45) is 0 Å². The molecule has 3 nitrogen and oxygen atoms in total. The predicted molar refractivity (Wildman–Crippen MR) is 87.2 cm³/mol. The third-order valence-electron chi connectivity index (χ3n) is 4.83. The van der Waals surface area contributed by atoms with Crippen molar-refractivity contribution in [1.82, 2.24) is 0 Å². The second kappa shape index (κ2) is 6.23. The van der Waals surface area contributed by atoms with Crippen LogP contribution < -0.4 is 0 Å². The number of hydrogen-bond acceptors (Lipinski definition) is 3. The van der Waals surface area contributed by atoms with E-state index in [-0.39, 0.29) is 11.1 Å². The number of alkyl halides is 6. The van der Waals surface area contributed by atoms with Crippen LogP contribution in [-0.2, 0) is 15.1 Å². The maximum atomic E-state index is 13.3. The zero-order valence-corrected chi connectivity index (χ0v) is 14.2. The van der Waals surface area contributed by atoms with Crippen LogP contribution in [0.3, 0.4) is 0 Å². The summed E-state index contributed by atoms with van der Waals surface area (Å²) in [5.41, 5.74) is -7.81. The summed E-state index contributed by atoms with van der Waals surface area (Å²) in [7, 11) is 0. The molecule has 2 aromatic rings. The van der Waals surface area contributed by atoms with Crippen LogP contribution in [0, 0.1) is 0 Å². The minimum Gasteiger partial charge on any atom is -0.450 e. The number of aliphatic hydroxyl groups is 1. The van der Waals surface area contributed by atoms with Gasteiger partial charge in [-0.05, 0) is 22.4 Å². The number of rotatable bonds is 3. The summed E-state index contributed by atoms with van der Waals surface area (Å²) in [5.74, 6) is -1.11. The maximum Gasteiger partial charge on any atom is 0.426 e. The van der Waals surface area contributed by atoms with E-state index in [4.69, 9.17) is 4.74 Å². The van der Waals surface area contributed by atoms with Crippen molar-refractivity contribution in [2.75, 3.05) is 0 Å². The SMILES string of the molecule is C=C1CC(CC(O)(C(F)(F)F)C(F)(F)F)(c2ccc3ccccc3c2)OC1=O. The lowest BCUT2D eigenvalue weighted by Gasteiger charge is -2.39. The average Bonchev–Trinajstić information content (AvgIpc) is 2.87. The fourth-order valence-electron chi connectivity index (χ4n) is 3.31. The summed E-state index contributed by atoms with van der Waals surface area (Å²) in [5, 5.41) is 10.9. The van der Waals surface area contributed by atoms with Crippen LogP contribution in [0.2, 0.25) is 0 Å². The summed E-state index contributed by atoms with van der Waals surface area (Å²) < 4.78 is 84.5. The van der Waals surface area contributed by atoms with Crippen molar-refractivity contribution in [3.8, 4) is 0 Å². The molecule has 1 aliphatic heterocycles. The molecule has 1 saturated heterocycles. The lowest BCUT2D eigenvalue weighted by Crippen LogP contribution is -2.60. The zero-order valence-electron chi connectivity index (χ0n) is 14.2. The summed E-state index contributed by atoms with van der Waals surface area (Å²) in [6, 6.07) is 10.8. The van der Waals surface area contributed by atoms with E-state index < -0.39 is 42.4 Å². The van der Waals surface area contributed by atoms with Gasteiger partial charge in [-0.2, -0.15) is 26.3 Å². The van der Waals surface area contributed by atoms with Gasteiger partial charge in [0.2, 0.25) is 0 Å². The minimum absolute atomic E-state index is 0.0925. The average molecular weight is 404 g/mol. The summed E-state index contributed by atoms with van der Waals surface area (Å²) in [4.78, 5) is 11.8. The van der Waals surface area contributed by atoms with Gasteiger partial charge >= 0.3 is 18.3 Å². The highest BCUT2D eigenvalue weighted by Crippen LogP contribution is 2.53. The van der Waals surface area contributed by atoms with Gasteiger partial charge in [0.15, 0.2) is 0 Å². The molecule has 0 bridgehead atoms. The van der Waals surface area contributed by atoms with Crippen LogP contribution in [0.4, 0.5) is 26.3 Å². The Morgan fingerprint density at radius 1 is 1.00 bits per heavy atom. The van der Waals surface area contributed by atoms with E-state index in [2.05, 4.69) is 6.58 Å². The molecule has 9 heteroatoms. The van der Waals surface area contributed by atoms with Gasteiger partial charge in [0.1, 0.15) is 5.60 Å². The second-order valence-electron chi connectivity index (χ2n) is 6.76. The number of cyclic esters (lactones) is 1. The van der Waals surface area contributed by atoms with Gasteiger partial charge in [0, 0.05) is 18.4 Å². The Hall–Kier alpha value is -2.55. The van der Waals surface area contributed by atoms with Gasteiger partial charge in [-0.25, -0.2) is 4.79 Å². The maximum absolute atomic E-state index is 13.3. The summed E-state index contributed by atoms with van der Waals surface area (Å²) in [6.45, 7) is 3.35. The molecule has 0 amide bonds. The Kier molecular flexibility index (Phi) is 4.49. The molecule has 1 heterocycles. The number of carbonyl (C=O) groups is 1. The first-order valence-electron chi connectivity index (χ1n) is 8.05. The second-order valence-corrected chi connectivity index (χ2v) is 6.76. The molecule has 0 aliphatic carbocycles. The topological polar surface area (TPSA) is 46.5 Å². The van der Waals surface area contributed by atoms with Gasteiger partial charge in [0.05, 0.1) is 0 Å². The first-order chi connectivity index (χ1) is 12.8. The van der Waals surface area contributed by atoms with Crippen LogP contribution in [0.5, 0.6) is 0 Å². The third-order valence-corrected chi connectivity index (χ3v) is 4.83. The smallest absolute Gasteiger partial charge is 0.426 e. The number of halogens is 6. The number of benzene rings is 2. The molecular weight excluding hydrogens is 390 g/mol. The Morgan fingerprint density at radius 3 is 2.07 bits per heavy atom. The first kappa shape index (κ1) is 20.2. The standard InChI is InChI=1S/C19H14F6O3/c1-11-9-16(28-15(11)26,10-17(27,18(20,21)22)19(23,24)25)14-7-6-12-4-2-3-5-13(12)8-14/h2-8,27H,1,9-10H2. The normalized spacial score (nSPS) is 21.2. The molecule has 1 unspecified atom stereocenters. The number of carbonyl (C=O) groups excluding carboxylic acids is 1. The third kappa shape index (κ3) is 3.13. The fraction of sp³-hybridized carbons (Fsp3) is 0.316. The van der Waals surface area contributed by atoms with Crippen LogP contribution in [0.1, 0.15) is 18.4 Å². The number of hydrogen-bond donors (Lipinski definition) is 1. The van der Waals surface area contributed by atoms with Gasteiger partial charge in [0.25, 0.3) is 5.60 Å². The van der Waals surface area contributed by atoms with Gasteiger partial charge < -0.3 is 9.84 Å². The highest BCUT2D eigenvalue weighted by Gasteiger charge is 2.73. The Balaban J connectivity index is 2.18. The molecule has 3 rings (SSSR count). The lowest BCUT2D eigenvalue weighted by atomic mass is 9.78. The fourth-order valence-corrected chi connectivity index (χ4v) is 3.31. The zero-order chi connectivity index (χ0) is 21.0. The highest BCUT2D eigenvalue weighted by atomic mass is 19.4. The van der Waals surface area contributed by atoms with Crippen molar-refractivity contribution >= 4 is 16.7 Å². The van der Waals surface area contributed by atoms with Crippen molar-refractivity contribution in [3.05, 3.63) is 60.2 Å². The van der Waals surface area contributed by atoms with E-state index in [9.17, 15) is 36.2 Å². The van der Waals surface area contributed by atoms with Crippen molar-refractivity contribution in [2.45, 2.75) is 36.4 Å². The summed E-state index contributed by atoms with van der Waals surface area (Å²) in [6.07, 6.45) is -14.6. The van der Waals surface area contributed by atoms with Crippen LogP contribution >= 0.6 is 0 Å². The number of fused-ring (bicyclic) bond motifs is 1. The van der Waals surface area contributed by atoms with E-state index in [1.807, 2.05) is 0 Å². The van der Waals surface area contributed by atoms with Gasteiger partial charge in [-0.1, -0.05) is 43.0 Å². The van der Waals surface area contributed by atoms with E-state index in [0.29, 0.717) is 10.8 Å². The van der Waals surface area contributed by atoms with E-state index in [1.54, 1.807) is 24.3 Å². The molecule has 1 N–H and O–H groups in total. The Labute approximate surface area is 155 Å². The Bertz CT molecular complexity index is 915. The van der Waals surface area contributed by atoms with Crippen LogP contribution in [0.25, 0.3) is 10.8 Å². The van der Waals surface area contributed by atoms with Crippen LogP contribution in [-0.4, -0.2) is 29.0 Å². The number of esters is 1. The molecule has 0 aromatic heterocycles. The molecule has 150 valence electrons. The lowest BCUT2D eigenvalue weighted by molar-refractivity contribution is -0.378. The van der Waals surface area contributed by atoms with E-state index in [0.717, 1.165) is 0 Å². The highest BCUT2D eigenvalue weighted by molar-refractivity contribution is 5.91. The van der Waals surface area contributed by atoms with Crippen LogP contribution in [0.15, 0.2) is 54.6 Å². The first-order valence-corrected chi connectivity index (χ1v) is 8.05. The molecule has 2 aromatic carbocycles. The van der Waals surface area contributed by atoms with Crippen molar-refractivity contribution in [1.29, 1.82) is 0 Å². The molecule has 1 aliphatic rings. The van der Waals surface area contributed by atoms with Gasteiger partial charge in [-0.15, -0.1) is 0 Å². The van der Waals surface area contributed by atoms with E-state index in [1.165, 1.54) is 18.2 Å². The molecule has 0 radical (unpaired) electrons. The quantitative estimate of drug-likeness (QED) is 0.455. The largest absolute Gasteiger partial charge is 0.450 e. The molecule has 1 atom stereocenters. The minimum atomic E-state index is -6.04. The summed E-state index contributed by atoms with van der Waals surface area (Å²) >= 11 is 0. The Morgan fingerprint density at radius 2 is 1.57 bits per heavy atom. The van der Waals surface area contributed by atoms with Gasteiger partial charge in [-0.3, -0.25) is 0 Å². The molecular formula is C19H14F6O3. The molecule has 0 saturated carbocycles. The molecule has 0 spiro atoms. The van der Waals surface area contributed by atoms with Crippen molar-refractivity contribution < 1.29 is 41.0 Å². The monoisotopic (exact) mass is 404 g/mol. The van der Waals surface area contributed by atoms with E-state index >= 15 is 0 Å². The van der Waals surface area contributed by atoms with Crippen molar-refractivity contribution in [3.63, 3.8) is 0 Å². The number of ether oxygens (including phenoxy) is 1.